The molecule has 3 saturated heterocycles. The number of hydrogen-bond donors (Lipinski definition) is 2. The van der Waals surface area contributed by atoms with E-state index in [4.69, 9.17) is 26.1 Å². The van der Waals surface area contributed by atoms with Gasteiger partial charge in [-0.3, -0.25) is 24.6 Å². The van der Waals surface area contributed by atoms with Crippen LogP contribution in [0.5, 0.6) is 5.75 Å². The number of piperidine rings is 2. The second-order valence-corrected chi connectivity index (χ2v) is 16.5. The molecule has 9 rings (SSSR count). The van der Waals surface area contributed by atoms with Gasteiger partial charge in [0.05, 0.1) is 34.2 Å². The van der Waals surface area contributed by atoms with E-state index in [-0.39, 0.29) is 42.0 Å². The number of halogens is 1. The lowest BCUT2D eigenvalue weighted by atomic mass is 9.91. The summed E-state index contributed by atoms with van der Waals surface area (Å²) in [5.74, 6) is 0.406. The molecule has 3 aromatic carbocycles. The van der Waals surface area contributed by atoms with Crippen molar-refractivity contribution >= 4 is 62.7 Å². The van der Waals surface area contributed by atoms with E-state index in [0.29, 0.717) is 45.9 Å². The summed E-state index contributed by atoms with van der Waals surface area (Å²) in [4.78, 5) is 49.2. The van der Waals surface area contributed by atoms with Crippen LogP contribution in [0.25, 0.3) is 21.7 Å². The van der Waals surface area contributed by atoms with Gasteiger partial charge in [-0.1, -0.05) is 28.9 Å². The summed E-state index contributed by atoms with van der Waals surface area (Å²) >= 11 is 6.15. The normalized spacial score (nSPS) is 22.0. The fourth-order valence-electron chi connectivity index (χ4n) is 9.08. The Morgan fingerprint density at radius 1 is 0.932 bits per heavy atom. The monoisotopic (exact) mass is 816 g/mol. The molecule has 0 radical (unpaired) electrons. The van der Waals surface area contributed by atoms with Crippen LogP contribution in [-0.2, 0) is 9.59 Å². The quantitative estimate of drug-likeness (QED) is 0.181. The lowest BCUT2D eigenvalue weighted by Gasteiger charge is -2.39. The minimum absolute atomic E-state index is 0.0159. The minimum atomic E-state index is -0.518. The van der Waals surface area contributed by atoms with Gasteiger partial charge in [-0.25, -0.2) is 4.98 Å². The average Bonchev–Trinajstić information content (AvgIpc) is 3.69. The van der Waals surface area contributed by atoms with Crippen molar-refractivity contribution in [2.75, 3.05) is 55.6 Å². The molecule has 4 aliphatic rings. The molecule has 0 bridgehead atoms. The molecule has 304 valence electrons. The Morgan fingerprint density at radius 3 is 2.47 bits per heavy atom. The first kappa shape index (κ1) is 38.7. The smallest absolute Gasteiger partial charge is 0.273 e. The van der Waals surface area contributed by atoms with E-state index < -0.39 is 5.92 Å². The van der Waals surface area contributed by atoms with Crippen LogP contribution in [0.2, 0.25) is 5.02 Å². The number of nitrogens with zero attached hydrogens (tertiary/aromatic N) is 8. The number of aromatic nitrogens is 4. The molecule has 5 aromatic rings. The van der Waals surface area contributed by atoms with Gasteiger partial charge < -0.3 is 24.4 Å². The summed E-state index contributed by atoms with van der Waals surface area (Å²) in [6.07, 6.45) is 7.43. The molecule has 2 N–H and O–H groups in total. The number of piperazine rings is 1. The van der Waals surface area contributed by atoms with E-state index in [2.05, 4.69) is 76.0 Å². The Balaban J connectivity index is 0.729. The topological polar surface area (TPSA) is 183 Å². The summed E-state index contributed by atoms with van der Waals surface area (Å²) in [7, 11) is 0. The largest absolute Gasteiger partial charge is 0.490 e. The van der Waals surface area contributed by atoms with E-state index in [0.717, 1.165) is 106 Å². The van der Waals surface area contributed by atoms with Gasteiger partial charge >= 0.3 is 0 Å². The predicted octanol–water partition coefficient (Wildman–Crippen LogP) is 5.37. The highest BCUT2D eigenvalue weighted by Crippen LogP contribution is 2.38. The van der Waals surface area contributed by atoms with Crippen molar-refractivity contribution in [3.05, 3.63) is 76.7 Å². The van der Waals surface area contributed by atoms with E-state index >= 15 is 0 Å². The van der Waals surface area contributed by atoms with E-state index in [9.17, 15) is 14.4 Å². The first-order valence-corrected chi connectivity index (χ1v) is 20.9. The summed E-state index contributed by atoms with van der Waals surface area (Å²) in [5, 5.41) is 30.9. The SMILES string of the molecule is N#Cc1ccc(OC2CCC(NC(=O)c3cnc(N4CCC(CN5CCN(c6cccc7c6ccc6onc(C8CCC(=O)NC8=O)c67)CC5)CC4)nn3)CC2)cc1Cl. The Morgan fingerprint density at radius 2 is 1.75 bits per heavy atom. The van der Waals surface area contributed by atoms with E-state index in [1.807, 2.05) is 6.07 Å². The number of carbonyl (C=O) groups is 3. The van der Waals surface area contributed by atoms with Gasteiger partial charge in [-0.15, -0.1) is 10.2 Å². The maximum absolute atomic E-state index is 13.0. The first-order chi connectivity index (χ1) is 28.8. The third-order valence-corrected chi connectivity index (χ3v) is 12.7. The summed E-state index contributed by atoms with van der Waals surface area (Å²) < 4.78 is 11.8. The molecule has 5 heterocycles. The number of fused-ring (bicyclic) bond motifs is 3. The van der Waals surface area contributed by atoms with Crippen LogP contribution >= 0.6 is 11.6 Å². The maximum Gasteiger partial charge on any atom is 0.273 e. The van der Waals surface area contributed by atoms with Crippen molar-refractivity contribution in [2.45, 2.75) is 69.4 Å². The fourth-order valence-corrected chi connectivity index (χ4v) is 9.29. The van der Waals surface area contributed by atoms with Crippen molar-refractivity contribution < 1.29 is 23.6 Å². The molecule has 0 spiro atoms. The van der Waals surface area contributed by atoms with Gasteiger partial charge in [-0.05, 0) is 86.6 Å². The van der Waals surface area contributed by atoms with E-state index in [1.165, 1.54) is 6.20 Å². The average molecular weight is 817 g/mol. The number of imide groups is 1. The molecule has 1 saturated carbocycles. The molecule has 15 nitrogen and oxygen atoms in total. The summed E-state index contributed by atoms with van der Waals surface area (Å²) in [6.45, 7) is 6.47. The summed E-state index contributed by atoms with van der Waals surface area (Å²) in [5.41, 5.74) is 3.02. The molecule has 3 amide bonds. The van der Waals surface area contributed by atoms with Gasteiger partial charge in [0.25, 0.3) is 5.91 Å². The molecule has 59 heavy (non-hydrogen) atoms. The van der Waals surface area contributed by atoms with Crippen molar-refractivity contribution in [3.8, 4) is 11.8 Å². The molecule has 2 aromatic heterocycles. The second kappa shape index (κ2) is 16.8. The Kier molecular flexibility index (Phi) is 11.0. The summed E-state index contributed by atoms with van der Waals surface area (Å²) in [6, 6.07) is 17.5. The van der Waals surface area contributed by atoms with E-state index in [1.54, 1.807) is 18.2 Å². The van der Waals surface area contributed by atoms with Crippen LogP contribution in [0.15, 0.2) is 59.3 Å². The van der Waals surface area contributed by atoms with Crippen LogP contribution in [0.4, 0.5) is 11.6 Å². The van der Waals surface area contributed by atoms with Crippen LogP contribution in [0.3, 0.4) is 0 Å². The van der Waals surface area contributed by atoms with Crippen molar-refractivity contribution in [1.82, 2.24) is 35.9 Å². The highest BCUT2D eigenvalue weighted by molar-refractivity contribution is 6.31. The number of hydrogen-bond acceptors (Lipinski definition) is 13. The Bertz CT molecular complexity index is 2410. The third kappa shape index (κ3) is 8.24. The number of nitrogens with one attached hydrogen (secondary N) is 2. The molecule has 4 fully saturated rings. The molecular formula is C43H45ClN10O5. The molecule has 1 unspecified atom stereocenters. The highest BCUT2D eigenvalue weighted by Gasteiger charge is 2.33. The van der Waals surface area contributed by atoms with Crippen molar-refractivity contribution in [3.63, 3.8) is 0 Å². The number of anilines is 2. The van der Waals surface area contributed by atoms with Crippen LogP contribution in [0, 0.1) is 17.2 Å². The van der Waals surface area contributed by atoms with Crippen LogP contribution in [-0.4, -0.2) is 101 Å². The van der Waals surface area contributed by atoms with Gasteiger partial charge in [0.15, 0.2) is 11.3 Å². The number of ether oxygens (including phenoxy) is 1. The predicted molar refractivity (Wildman–Crippen MR) is 220 cm³/mol. The molecule has 1 aliphatic carbocycles. The van der Waals surface area contributed by atoms with Gasteiger partial charge in [0.1, 0.15) is 17.5 Å². The number of amides is 3. The molecular weight excluding hydrogens is 772 g/mol. The zero-order chi connectivity index (χ0) is 40.5. The molecule has 3 aliphatic heterocycles. The van der Waals surface area contributed by atoms with Gasteiger partial charge in [-0.2, -0.15) is 5.26 Å². The number of carbonyl (C=O) groups excluding carboxylic acids is 3. The minimum Gasteiger partial charge on any atom is -0.490 e. The third-order valence-electron chi connectivity index (χ3n) is 12.4. The molecule has 16 heteroatoms. The number of rotatable bonds is 9. The van der Waals surface area contributed by atoms with Crippen molar-refractivity contribution in [2.24, 2.45) is 5.92 Å². The number of benzene rings is 3. The van der Waals surface area contributed by atoms with Gasteiger partial charge in [0.2, 0.25) is 17.8 Å². The maximum atomic E-state index is 13.0. The zero-order valence-electron chi connectivity index (χ0n) is 32.6. The lowest BCUT2D eigenvalue weighted by molar-refractivity contribution is -0.134. The van der Waals surface area contributed by atoms with Crippen LogP contribution < -0.4 is 25.2 Å². The van der Waals surface area contributed by atoms with Gasteiger partial charge in [0, 0.05) is 75.4 Å². The lowest BCUT2D eigenvalue weighted by Crippen LogP contribution is -2.49. The number of nitriles is 1. The molecule has 1 atom stereocenters. The first-order valence-electron chi connectivity index (χ1n) is 20.5. The Labute approximate surface area is 346 Å². The Hall–Kier alpha value is -5.85. The standard InChI is InChI=1S/C43H45ClN10O5/c44-34-22-30(7-4-27(34)23-45)58-29-8-5-28(6-9-29)47-42(57)35-24-46-43(50-49-35)54-16-14-26(15-17-54)25-52-18-20-53(21-19-52)36-3-1-2-32-31(36)10-12-37-39(32)40(51-59-37)33-11-13-38(55)48-41(33)56/h1-4,7,10,12,22,24,26,28-29,33H,5-6,8-9,11,13-21,25H2,(H,47,57)(H,48,55,56). The zero-order valence-corrected chi connectivity index (χ0v) is 33.4. The van der Waals surface area contributed by atoms with Crippen LogP contribution in [0.1, 0.15) is 79.0 Å². The van der Waals surface area contributed by atoms with Crippen molar-refractivity contribution in [1.29, 1.82) is 5.26 Å². The fraction of sp³-hybridized carbons (Fsp3) is 0.442. The highest BCUT2D eigenvalue weighted by atomic mass is 35.5. The second-order valence-electron chi connectivity index (χ2n) is 16.1.